The minimum absolute atomic E-state index is 0.232. The molecule has 0 saturated carbocycles. The van der Waals surface area contributed by atoms with Crippen LogP contribution in [0.25, 0.3) is 0 Å². The van der Waals surface area contributed by atoms with Gasteiger partial charge >= 0.3 is 11.9 Å². The molecule has 0 saturated heterocycles. The molecule has 0 rings (SSSR count). The third kappa shape index (κ3) is 8.87. The molecule has 0 aliphatic rings. The maximum absolute atomic E-state index is 14.2. The summed E-state index contributed by atoms with van der Waals surface area (Å²) in [6, 6.07) is 0. The predicted octanol–water partition coefficient (Wildman–Crippen LogP) is 2.34. The van der Waals surface area contributed by atoms with E-state index in [1.165, 1.54) is 5.17 Å². The minimum Gasteiger partial charge on any atom is -0.358 e. The van der Waals surface area contributed by atoms with Gasteiger partial charge < -0.3 is 18.9 Å². The normalized spacial score (nSPS) is 16.5. The fourth-order valence-corrected chi connectivity index (χ4v) is 3.93. The van der Waals surface area contributed by atoms with Crippen molar-refractivity contribution in [3.8, 4) is 0 Å². The van der Waals surface area contributed by atoms with Crippen LogP contribution in [0, 0.1) is 0 Å². The highest BCUT2D eigenvalue weighted by atomic mass is 16.9. The summed E-state index contributed by atoms with van der Waals surface area (Å²) in [5, 5.41) is 4.56. The van der Waals surface area contributed by atoms with E-state index in [0.717, 1.165) is 19.3 Å². The van der Waals surface area contributed by atoms with Crippen molar-refractivity contribution < 1.29 is 28.6 Å². The van der Waals surface area contributed by atoms with Crippen molar-refractivity contribution >= 4 is 5.91 Å². The van der Waals surface area contributed by atoms with Crippen molar-refractivity contribution in [3.63, 3.8) is 0 Å². The summed E-state index contributed by atoms with van der Waals surface area (Å²) >= 11 is 0. The number of likely N-dealkylation sites (N-methyl/N-ethyl adjacent to an activating group) is 3. The fraction of sp³-hybridized carbons (Fsp3) is 0.958. The highest BCUT2D eigenvalue weighted by Crippen LogP contribution is 2.33. The molecular formula is C24H53N5O6. The Kier molecular flexibility index (Phi) is 17.1. The van der Waals surface area contributed by atoms with Gasteiger partial charge in [0, 0.05) is 27.3 Å². The van der Waals surface area contributed by atoms with Gasteiger partial charge in [0.1, 0.15) is 0 Å². The maximum atomic E-state index is 14.2. The van der Waals surface area contributed by atoms with E-state index in [0.29, 0.717) is 32.9 Å². The van der Waals surface area contributed by atoms with Crippen LogP contribution in [0.5, 0.6) is 0 Å². The third-order valence-corrected chi connectivity index (χ3v) is 5.29. The van der Waals surface area contributed by atoms with Crippen LogP contribution in [-0.4, -0.2) is 106 Å². The van der Waals surface area contributed by atoms with Gasteiger partial charge in [-0.3, -0.25) is 19.8 Å². The number of hydrazine groups is 1. The minimum atomic E-state index is -1.58. The second kappa shape index (κ2) is 17.5. The van der Waals surface area contributed by atoms with Gasteiger partial charge in [-0.2, -0.15) is 0 Å². The first-order chi connectivity index (χ1) is 16.6. The smallest absolute Gasteiger partial charge is 0.325 e. The second-order valence-corrected chi connectivity index (χ2v) is 8.53. The molecule has 0 aliphatic heterocycles. The van der Waals surface area contributed by atoms with Gasteiger partial charge in [-0.25, -0.2) is 10.3 Å². The molecule has 11 nitrogen and oxygen atoms in total. The molecule has 0 fully saturated rings. The number of methoxy groups -OCH3 is 1. The van der Waals surface area contributed by atoms with Crippen molar-refractivity contribution in [2.24, 2.45) is 0 Å². The Morgan fingerprint density at radius 2 is 1.66 bits per heavy atom. The van der Waals surface area contributed by atoms with E-state index >= 15 is 0 Å². The molecule has 0 radical (unpaired) electrons. The van der Waals surface area contributed by atoms with Gasteiger partial charge in [-0.1, -0.05) is 34.1 Å². The SMILES string of the molecule is CCCCON(NC)C(=O)C(NCC)(N(C)C)N(CC)C(OC)C(OCC)(OCCC)OC(C)C. The van der Waals surface area contributed by atoms with Crippen LogP contribution in [0.3, 0.4) is 0 Å². The van der Waals surface area contributed by atoms with Crippen molar-refractivity contribution in [1.29, 1.82) is 0 Å². The molecule has 0 aliphatic carbocycles. The first kappa shape index (κ1) is 34.1. The van der Waals surface area contributed by atoms with Crippen LogP contribution in [0.15, 0.2) is 0 Å². The monoisotopic (exact) mass is 507 g/mol. The largest absolute Gasteiger partial charge is 0.358 e. The molecule has 11 heteroatoms. The Hall–Kier alpha value is -0.890. The molecule has 35 heavy (non-hydrogen) atoms. The van der Waals surface area contributed by atoms with Crippen molar-refractivity contribution in [1.82, 2.24) is 25.7 Å². The number of amides is 1. The van der Waals surface area contributed by atoms with E-state index in [9.17, 15) is 4.79 Å². The molecule has 3 atom stereocenters. The summed E-state index contributed by atoms with van der Waals surface area (Å²) in [4.78, 5) is 23.6. The second-order valence-electron chi connectivity index (χ2n) is 8.53. The molecule has 0 aromatic heterocycles. The number of carbonyl (C=O) groups is 1. The average Bonchev–Trinajstić information content (AvgIpc) is 2.81. The molecular weight excluding hydrogens is 454 g/mol. The highest BCUT2D eigenvalue weighted by molar-refractivity contribution is 5.84. The fourth-order valence-electron chi connectivity index (χ4n) is 3.93. The van der Waals surface area contributed by atoms with Crippen LogP contribution in [0.2, 0.25) is 0 Å². The Morgan fingerprint density at radius 1 is 1.00 bits per heavy atom. The maximum Gasteiger partial charge on any atom is 0.325 e. The van der Waals surface area contributed by atoms with Crippen LogP contribution in [0.1, 0.15) is 67.7 Å². The number of carbonyl (C=O) groups excluding carboxylic acids is 1. The highest BCUT2D eigenvalue weighted by Gasteiger charge is 2.58. The lowest BCUT2D eigenvalue weighted by atomic mass is 10.1. The molecule has 0 aromatic rings. The third-order valence-electron chi connectivity index (χ3n) is 5.29. The number of hydrogen-bond donors (Lipinski definition) is 2. The number of ether oxygens (including phenoxy) is 4. The van der Waals surface area contributed by atoms with Crippen molar-refractivity contribution in [3.05, 3.63) is 0 Å². The number of nitrogens with zero attached hydrogens (tertiary/aromatic N) is 3. The summed E-state index contributed by atoms with van der Waals surface area (Å²) in [5.74, 6) is -3.33. The summed E-state index contributed by atoms with van der Waals surface area (Å²) in [6.07, 6.45) is 1.37. The summed E-state index contributed by atoms with van der Waals surface area (Å²) < 4.78 is 24.7. The number of unbranched alkanes of at least 4 members (excludes halogenated alkanes) is 1. The van der Waals surface area contributed by atoms with Crippen LogP contribution in [-0.2, 0) is 28.6 Å². The van der Waals surface area contributed by atoms with E-state index in [2.05, 4.69) is 17.7 Å². The summed E-state index contributed by atoms with van der Waals surface area (Å²) in [5.41, 5.74) is 2.88. The Morgan fingerprint density at radius 3 is 2.06 bits per heavy atom. The first-order valence-corrected chi connectivity index (χ1v) is 12.9. The van der Waals surface area contributed by atoms with Crippen LogP contribution >= 0.6 is 0 Å². The van der Waals surface area contributed by atoms with E-state index in [1.807, 2.05) is 60.5 Å². The molecule has 210 valence electrons. The lowest BCUT2D eigenvalue weighted by Crippen LogP contribution is -2.79. The molecule has 0 bridgehead atoms. The van der Waals surface area contributed by atoms with Gasteiger partial charge in [0.05, 0.1) is 19.3 Å². The Bertz CT molecular complexity index is 571. The summed E-state index contributed by atoms with van der Waals surface area (Å²) in [7, 11) is 6.87. The van der Waals surface area contributed by atoms with E-state index < -0.39 is 18.0 Å². The van der Waals surface area contributed by atoms with Crippen molar-refractivity contribution in [2.75, 3.05) is 61.2 Å². The number of nitrogens with one attached hydrogen (secondary N) is 2. The molecule has 1 amide bonds. The quantitative estimate of drug-likeness (QED) is 0.137. The predicted molar refractivity (Wildman–Crippen MR) is 137 cm³/mol. The van der Waals surface area contributed by atoms with Gasteiger partial charge in [-0.05, 0) is 54.3 Å². The Labute approximate surface area is 213 Å². The number of hydroxylamine groups is 1. The zero-order chi connectivity index (χ0) is 27.1. The van der Waals surface area contributed by atoms with Gasteiger partial charge in [0.2, 0.25) is 5.79 Å². The number of rotatable bonds is 21. The van der Waals surface area contributed by atoms with Crippen LogP contribution < -0.4 is 10.7 Å². The standard InChI is InChI=1S/C24H53N5O6/c1-12-17-19-34-29(25-8)21(30)23(26-14-3,27(9)10)28(15-4)22(31-11)24(32-16-5,33-18-13-2)35-20(6)7/h20,22,25-26H,12-19H2,1-11H3. The summed E-state index contributed by atoms with van der Waals surface area (Å²) in [6.45, 7) is 15.6. The lowest BCUT2D eigenvalue weighted by Gasteiger charge is -2.53. The van der Waals surface area contributed by atoms with Gasteiger partial charge in [-0.15, -0.1) is 5.17 Å². The Balaban J connectivity index is 6.85. The number of hydrogen-bond acceptors (Lipinski definition) is 10. The van der Waals surface area contributed by atoms with Gasteiger partial charge in [0.15, 0.2) is 6.23 Å². The van der Waals surface area contributed by atoms with Crippen LogP contribution in [0.4, 0.5) is 0 Å². The zero-order valence-electron chi connectivity index (χ0n) is 24.1. The average molecular weight is 508 g/mol. The molecule has 3 unspecified atom stereocenters. The molecule has 2 N–H and O–H groups in total. The zero-order valence-corrected chi connectivity index (χ0v) is 24.1. The van der Waals surface area contributed by atoms with E-state index in [1.54, 1.807) is 19.1 Å². The molecule has 0 heterocycles. The first-order valence-electron chi connectivity index (χ1n) is 12.9. The molecule has 0 aromatic carbocycles. The topological polar surface area (TPSA) is 97.0 Å². The van der Waals surface area contributed by atoms with E-state index in [4.69, 9.17) is 23.8 Å². The van der Waals surface area contributed by atoms with Crippen molar-refractivity contribution in [2.45, 2.75) is 91.8 Å². The van der Waals surface area contributed by atoms with E-state index in [-0.39, 0.29) is 12.0 Å². The van der Waals surface area contributed by atoms with Gasteiger partial charge in [0.25, 0.3) is 0 Å². The molecule has 0 spiro atoms. The lowest BCUT2D eigenvalue weighted by molar-refractivity contribution is -0.448.